The molecule has 1 aliphatic rings. The van der Waals surface area contributed by atoms with Crippen molar-refractivity contribution in [3.05, 3.63) is 34.4 Å². The first-order valence-corrected chi connectivity index (χ1v) is 6.32. The number of nitrogens with zero attached hydrogens (tertiary/aromatic N) is 1. The Hall–Kier alpha value is -1.70. The van der Waals surface area contributed by atoms with Gasteiger partial charge in [-0.1, -0.05) is 12.1 Å². The lowest BCUT2D eigenvalue weighted by atomic mass is 9.88. The second-order valence-electron chi connectivity index (χ2n) is 4.51. The van der Waals surface area contributed by atoms with Crippen LogP contribution < -0.4 is 4.74 Å². The van der Waals surface area contributed by atoms with E-state index in [1.165, 1.54) is 12.1 Å². The average Bonchev–Trinajstić information content (AvgIpc) is 2.43. The van der Waals surface area contributed by atoms with Crippen molar-refractivity contribution in [1.82, 2.24) is 0 Å². The topological polar surface area (TPSA) is 91.1 Å². The van der Waals surface area contributed by atoms with Gasteiger partial charge < -0.3 is 19.3 Å². The molecule has 3 unspecified atom stereocenters. The number of methoxy groups -OCH3 is 1. The van der Waals surface area contributed by atoms with Crippen LogP contribution >= 0.6 is 0 Å². The standard InChI is InChI=1S/C13H17NO6/c1-18-6-7-19-13-10(15)8-12(13)20-11-5-3-2-4-9(11)14(16)17/h2-5,10,12-13,15H,6-8H2,1H3. The first-order chi connectivity index (χ1) is 9.63. The molecule has 0 aliphatic heterocycles. The molecule has 1 aromatic carbocycles. The normalized spacial score (nSPS) is 25.0. The number of rotatable bonds is 7. The molecule has 0 radical (unpaired) electrons. The molecule has 7 nitrogen and oxygen atoms in total. The molecule has 1 fully saturated rings. The summed E-state index contributed by atoms with van der Waals surface area (Å²) in [5, 5.41) is 20.5. The van der Waals surface area contributed by atoms with Crippen LogP contribution in [0, 0.1) is 10.1 Å². The Morgan fingerprint density at radius 3 is 2.80 bits per heavy atom. The van der Waals surface area contributed by atoms with Crippen molar-refractivity contribution in [3.63, 3.8) is 0 Å². The monoisotopic (exact) mass is 283 g/mol. The summed E-state index contributed by atoms with van der Waals surface area (Å²) < 4.78 is 15.9. The molecule has 0 heterocycles. The molecule has 0 saturated heterocycles. The molecule has 2 rings (SSSR count). The zero-order chi connectivity index (χ0) is 14.5. The van der Waals surface area contributed by atoms with Crippen LogP contribution in [0.25, 0.3) is 0 Å². The number of hydrogen-bond donors (Lipinski definition) is 1. The summed E-state index contributed by atoms with van der Waals surface area (Å²) >= 11 is 0. The van der Waals surface area contributed by atoms with Crippen molar-refractivity contribution < 1.29 is 24.2 Å². The third-order valence-electron chi connectivity index (χ3n) is 3.16. The minimum absolute atomic E-state index is 0.0930. The van der Waals surface area contributed by atoms with Gasteiger partial charge in [-0.05, 0) is 6.07 Å². The minimum atomic E-state index is -0.611. The fourth-order valence-electron chi connectivity index (χ4n) is 2.03. The summed E-state index contributed by atoms with van der Waals surface area (Å²) in [6.07, 6.45) is -1.09. The lowest BCUT2D eigenvalue weighted by molar-refractivity contribution is -0.386. The average molecular weight is 283 g/mol. The Morgan fingerprint density at radius 1 is 1.40 bits per heavy atom. The molecule has 1 saturated carbocycles. The number of ether oxygens (including phenoxy) is 3. The van der Waals surface area contributed by atoms with Gasteiger partial charge in [-0.2, -0.15) is 0 Å². The minimum Gasteiger partial charge on any atom is -0.481 e. The molecular formula is C13H17NO6. The highest BCUT2D eigenvalue weighted by Crippen LogP contribution is 2.33. The van der Waals surface area contributed by atoms with Gasteiger partial charge >= 0.3 is 5.69 Å². The predicted molar refractivity (Wildman–Crippen MR) is 69.8 cm³/mol. The van der Waals surface area contributed by atoms with Gasteiger partial charge in [-0.3, -0.25) is 10.1 Å². The van der Waals surface area contributed by atoms with Gasteiger partial charge in [0.05, 0.1) is 24.2 Å². The first-order valence-electron chi connectivity index (χ1n) is 6.32. The van der Waals surface area contributed by atoms with Gasteiger partial charge in [-0.15, -0.1) is 0 Å². The van der Waals surface area contributed by atoms with E-state index < -0.39 is 17.1 Å². The molecule has 1 N–H and O–H groups in total. The van der Waals surface area contributed by atoms with Crippen molar-refractivity contribution in [3.8, 4) is 5.75 Å². The van der Waals surface area contributed by atoms with Crippen LogP contribution in [0.4, 0.5) is 5.69 Å². The van der Waals surface area contributed by atoms with Crippen LogP contribution in [0.15, 0.2) is 24.3 Å². The maximum absolute atomic E-state index is 10.9. The fourth-order valence-corrected chi connectivity index (χ4v) is 2.03. The lowest BCUT2D eigenvalue weighted by Crippen LogP contribution is -2.55. The number of nitro benzene ring substituents is 1. The number of aliphatic hydroxyl groups is 1. The number of para-hydroxylation sites is 2. The van der Waals surface area contributed by atoms with Crippen LogP contribution in [-0.4, -0.2) is 48.7 Å². The molecule has 0 bridgehead atoms. The number of aliphatic hydroxyl groups excluding tert-OH is 1. The van der Waals surface area contributed by atoms with Gasteiger partial charge in [-0.25, -0.2) is 0 Å². The van der Waals surface area contributed by atoms with E-state index in [1.54, 1.807) is 19.2 Å². The molecule has 0 spiro atoms. The Labute approximate surface area is 116 Å². The summed E-state index contributed by atoms with van der Waals surface area (Å²) in [5.41, 5.74) is -0.0930. The smallest absolute Gasteiger partial charge is 0.310 e. The third-order valence-corrected chi connectivity index (χ3v) is 3.16. The van der Waals surface area contributed by atoms with E-state index >= 15 is 0 Å². The van der Waals surface area contributed by atoms with Crippen molar-refractivity contribution in [1.29, 1.82) is 0 Å². The Bertz CT molecular complexity index is 466. The van der Waals surface area contributed by atoms with Gasteiger partial charge in [0, 0.05) is 19.6 Å². The molecule has 0 amide bonds. The summed E-state index contributed by atoms with van der Waals surface area (Å²) in [6, 6.07) is 6.16. The van der Waals surface area contributed by atoms with Crippen LogP contribution in [0.2, 0.25) is 0 Å². The van der Waals surface area contributed by atoms with Gasteiger partial charge in [0.1, 0.15) is 12.2 Å². The van der Waals surface area contributed by atoms with Crippen molar-refractivity contribution in [2.75, 3.05) is 20.3 Å². The second kappa shape index (κ2) is 6.65. The third kappa shape index (κ3) is 3.24. The van der Waals surface area contributed by atoms with Crippen LogP contribution in [0.5, 0.6) is 5.75 Å². The van der Waals surface area contributed by atoms with Crippen LogP contribution in [0.1, 0.15) is 6.42 Å². The van der Waals surface area contributed by atoms with Crippen LogP contribution in [-0.2, 0) is 9.47 Å². The highest BCUT2D eigenvalue weighted by Gasteiger charge is 2.43. The molecule has 7 heteroatoms. The fraction of sp³-hybridized carbons (Fsp3) is 0.538. The van der Waals surface area contributed by atoms with Crippen molar-refractivity contribution >= 4 is 5.69 Å². The van der Waals surface area contributed by atoms with Gasteiger partial charge in [0.15, 0.2) is 5.75 Å². The molecular weight excluding hydrogens is 266 g/mol. The molecule has 1 aliphatic carbocycles. The van der Waals surface area contributed by atoms with E-state index in [4.69, 9.17) is 14.2 Å². The van der Waals surface area contributed by atoms with E-state index in [2.05, 4.69) is 0 Å². The predicted octanol–water partition coefficient (Wildman–Crippen LogP) is 1.14. The van der Waals surface area contributed by atoms with E-state index in [0.29, 0.717) is 19.6 Å². The number of nitro groups is 1. The SMILES string of the molecule is COCCOC1C(O)CC1Oc1ccccc1[N+](=O)[O-]. The largest absolute Gasteiger partial charge is 0.481 e. The highest BCUT2D eigenvalue weighted by molar-refractivity contribution is 5.46. The Kier molecular flexibility index (Phi) is 4.89. The van der Waals surface area contributed by atoms with Crippen molar-refractivity contribution in [2.24, 2.45) is 0 Å². The summed E-state index contributed by atoms with van der Waals surface area (Å²) in [6.45, 7) is 0.760. The van der Waals surface area contributed by atoms with Crippen LogP contribution in [0.3, 0.4) is 0 Å². The quantitative estimate of drug-likeness (QED) is 0.458. The Morgan fingerprint density at radius 2 is 2.15 bits per heavy atom. The second-order valence-corrected chi connectivity index (χ2v) is 4.51. The lowest BCUT2D eigenvalue weighted by Gasteiger charge is -2.40. The molecule has 20 heavy (non-hydrogen) atoms. The van der Waals surface area contributed by atoms with E-state index in [-0.39, 0.29) is 17.5 Å². The highest BCUT2D eigenvalue weighted by atomic mass is 16.6. The maximum atomic E-state index is 10.9. The zero-order valence-corrected chi connectivity index (χ0v) is 11.1. The summed E-state index contributed by atoms with van der Waals surface area (Å²) in [4.78, 5) is 10.4. The summed E-state index contributed by atoms with van der Waals surface area (Å²) in [5.74, 6) is 0.190. The van der Waals surface area contributed by atoms with Gasteiger partial charge in [0.2, 0.25) is 0 Å². The zero-order valence-electron chi connectivity index (χ0n) is 11.1. The molecule has 3 atom stereocenters. The summed E-state index contributed by atoms with van der Waals surface area (Å²) in [7, 11) is 1.56. The van der Waals surface area contributed by atoms with E-state index in [9.17, 15) is 15.2 Å². The van der Waals surface area contributed by atoms with E-state index in [1.807, 2.05) is 0 Å². The molecule has 1 aromatic rings. The number of hydrogen-bond acceptors (Lipinski definition) is 6. The molecule has 0 aromatic heterocycles. The maximum Gasteiger partial charge on any atom is 0.310 e. The van der Waals surface area contributed by atoms with Gasteiger partial charge in [0.25, 0.3) is 0 Å². The molecule has 110 valence electrons. The number of benzene rings is 1. The van der Waals surface area contributed by atoms with E-state index in [0.717, 1.165) is 0 Å². The van der Waals surface area contributed by atoms with Crippen molar-refractivity contribution in [2.45, 2.75) is 24.7 Å². The first kappa shape index (κ1) is 14.7. The Balaban J connectivity index is 1.98.